The highest BCUT2D eigenvalue weighted by Crippen LogP contribution is 2.38. The molecular formula is C38H44ClN3O6. The molecule has 3 aromatic rings. The molecule has 2 heterocycles. The van der Waals surface area contributed by atoms with Gasteiger partial charge in [0.2, 0.25) is 5.91 Å². The first-order valence-electron chi connectivity index (χ1n) is 16.5. The molecule has 3 aromatic carbocycles. The second-order valence-electron chi connectivity index (χ2n) is 12.9. The van der Waals surface area contributed by atoms with E-state index in [0.29, 0.717) is 67.3 Å². The van der Waals surface area contributed by atoms with Gasteiger partial charge in [0.05, 0.1) is 25.3 Å². The van der Waals surface area contributed by atoms with Crippen LogP contribution in [0.25, 0.3) is 5.57 Å². The van der Waals surface area contributed by atoms with Gasteiger partial charge in [-0.2, -0.15) is 0 Å². The Balaban J connectivity index is 1.23. The second-order valence-corrected chi connectivity index (χ2v) is 13.3. The molecule has 3 aliphatic rings. The molecule has 0 unspecified atom stereocenters. The van der Waals surface area contributed by atoms with Crippen LogP contribution < -0.4 is 24.3 Å². The number of hydrogen-bond donors (Lipinski definition) is 1. The van der Waals surface area contributed by atoms with Gasteiger partial charge < -0.3 is 34.1 Å². The van der Waals surface area contributed by atoms with Gasteiger partial charge in [-0.3, -0.25) is 9.59 Å². The summed E-state index contributed by atoms with van der Waals surface area (Å²) in [4.78, 5) is 31.0. The molecule has 2 bridgehead atoms. The number of fused-ring (bicyclic) bond motifs is 2. The van der Waals surface area contributed by atoms with Crippen LogP contribution in [-0.4, -0.2) is 80.3 Å². The zero-order chi connectivity index (χ0) is 33.9. The number of methoxy groups -OCH3 is 2. The molecule has 254 valence electrons. The number of carbonyl (C=O) groups excluding carboxylic acids is 2. The van der Waals surface area contributed by atoms with Crippen LogP contribution in [0.1, 0.15) is 48.4 Å². The molecule has 6 rings (SSSR count). The lowest BCUT2D eigenvalue weighted by Crippen LogP contribution is -2.61. The van der Waals surface area contributed by atoms with Gasteiger partial charge in [-0.05, 0) is 97.3 Å². The Morgan fingerprint density at radius 3 is 2.29 bits per heavy atom. The van der Waals surface area contributed by atoms with E-state index < -0.39 is 0 Å². The first kappa shape index (κ1) is 33.7. The third-order valence-electron chi connectivity index (χ3n) is 9.49. The zero-order valence-corrected chi connectivity index (χ0v) is 29.1. The highest BCUT2D eigenvalue weighted by Gasteiger charge is 2.43. The smallest absolute Gasteiger partial charge is 0.252 e. The van der Waals surface area contributed by atoms with Crippen LogP contribution in [-0.2, 0) is 16.1 Å². The average Bonchev–Trinajstić information content (AvgIpc) is 3.93. The Bertz CT molecular complexity index is 1700. The van der Waals surface area contributed by atoms with Gasteiger partial charge in [-0.1, -0.05) is 29.8 Å². The minimum absolute atomic E-state index is 0.00566. The molecule has 1 N–H and O–H groups in total. The lowest BCUT2D eigenvalue weighted by molar-refractivity contribution is -0.132. The van der Waals surface area contributed by atoms with Crippen molar-refractivity contribution < 1.29 is 28.5 Å². The minimum Gasteiger partial charge on any atom is -0.493 e. The fourth-order valence-corrected chi connectivity index (χ4v) is 6.91. The zero-order valence-electron chi connectivity index (χ0n) is 28.3. The predicted octanol–water partition coefficient (Wildman–Crippen LogP) is 5.97. The standard InChI is InChI=1S/C38H44ClN3O6/c1-23-16-32(39)35(17-24(23)2)48-15-14-47-30-11-7-27(8-12-30)31-19-28-21-41(25(3)43)22-33(40-28)37(31)38(44)42(29-9-10-29)20-26-6-13-34(45-4)36(18-26)46-5/h6-8,11-13,16-18,28-29,33,40H,9-10,14-15,19-22H2,1-5H3/t28-,33-/m1/s1. The third kappa shape index (κ3) is 7.42. The Morgan fingerprint density at radius 1 is 0.896 bits per heavy atom. The van der Waals surface area contributed by atoms with Crippen molar-refractivity contribution in [1.29, 1.82) is 0 Å². The number of carbonyl (C=O) groups is 2. The number of nitrogens with zero attached hydrogens (tertiary/aromatic N) is 2. The molecule has 48 heavy (non-hydrogen) atoms. The van der Waals surface area contributed by atoms with Gasteiger partial charge in [0.25, 0.3) is 5.91 Å². The Kier molecular flexibility index (Phi) is 10.2. The number of ether oxygens (including phenoxy) is 4. The molecule has 9 nitrogen and oxygen atoms in total. The van der Waals surface area contributed by atoms with Gasteiger partial charge in [0, 0.05) is 44.2 Å². The lowest BCUT2D eigenvalue weighted by atomic mass is 9.82. The summed E-state index contributed by atoms with van der Waals surface area (Å²) >= 11 is 6.35. The fraction of sp³-hybridized carbons (Fsp3) is 0.421. The summed E-state index contributed by atoms with van der Waals surface area (Å²) in [5.74, 6) is 2.67. The Hall–Kier alpha value is -4.21. The van der Waals surface area contributed by atoms with E-state index >= 15 is 0 Å². The van der Waals surface area contributed by atoms with Crippen LogP contribution in [0.2, 0.25) is 5.02 Å². The predicted molar refractivity (Wildman–Crippen MR) is 186 cm³/mol. The summed E-state index contributed by atoms with van der Waals surface area (Å²) in [5.41, 5.74) is 5.95. The van der Waals surface area contributed by atoms with E-state index in [4.69, 9.17) is 30.5 Å². The van der Waals surface area contributed by atoms with E-state index in [0.717, 1.165) is 46.2 Å². The largest absolute Gasteiger partial charge is 0.493 e. The Morgan fingerprint density at radius 2 is 1.60 bits per heavy atom. The number of hydrogen-bond acceptors (Lipinski definition) is 7. The molecule has 2 amide bonds. The average molecular weight is 674 g/mol. The molecule has 1 saturated heterocycles. The molecule has 1 aliphatic carbocycles. The number of amides is 2. The van der Waals surface area contributed by atoms with Gasteiger partial charge in [-0.15, -0.1) is 0 Å². The number of aryl methyl sites for hydroxylation is 2. The van der Waals surface area contributed by atoms with E-state index in [9.17, 15) is 9.59 Å². The van der Waals surface area contributed by atoms with Crippen molar-refractivity contribution in [3.05, 3.63) is 87.4 Å². The maximum absolute atomic E-state index is 14.7. The van der Waals surface area contributed by atoms with Crippen molar-refractivity contribution in [1.82, 2.24) is 15.1 Å². The van der Waals surface area contributed by atoms with Crippen LogP contribution >= 0.6 is 11.6 Å². The first-order valence-corrected chi connectivity index (χ1v) is 16.9. The summed E-state index contributed by atoms with van der Waals surface area (Å²) in [7, 11) is 3.23. The molecule has 2 atom stereocenters. The molecule has 10 heteroatoms. The van der Waals surface area contributed by atoms with Gasteiger partial charge in [0.15, 0.2) is 11.5 Å². The molecular weight excluding hydrogens is 630 g/mol. The highest BCUT2D eigenvalue weighted by atomic mass is 35.5. The van der Waals surface area contributed by atoms with Crippen LogP contribution in [0.4, 0.5) is 0 Å². The lowest BCUT2D eigenvalue weighted by Gasteiger charge is -2.44. The van der Waals surface area contributed by atoms with Crippen LogP contribution in [0.3, 0.4) is 0 Å². The fourth-order valence-electron chi connectivity index (χ4n) is 6.64. The monoisotopic (exact) mass is 673 g/mol. The highest BCUT2D eigenvalue weighted by molar-refractivity contribution is 6.32. The summed E-state index contributed by atoms with van der Waals surface area (Å²) in [5, 5.41) is 4.25. The number of piperazine rings is 1. The van der Waals surface area contributed by atoms with Gasteiger partial charge >= 0.3 is 0 Å². The van der Waals surface area contributed by atoms with Gasteiger partial charge in [-0.25, -0.2) is 0 Å². The van der Waals surface area contributed by atoms with E-state index in [2.05, 4.69) is 5.32 Å². The van der Waals surface area contributed by atoms with E-state index in [1.165, 1.54) is 0 Å². The quantitative estimate of drug-likeness (QED) is 0.237. The summed E-state index contributed by atoms with van der Waals surface area (Å²) in [6, 6.07) is 17.5. The third-order valence-corrected chi connectivity index (χ3v) is 9.79. The molecule has 2 aliphatic heterocycles. The van der Waals surface area contributed by atoms with Gasteiger partial charge in [0.1, 0.15) is 24.7 Å². The van der Waals surface area contributed by atoms with Crippen molar-refractivity contribution >= 4 is 29.0 Å². The topological polar surface area (TPSA) is 89.6 Å². The summed E-state index contributed by atoms with van der Waals surface area (Å²) < 4.78 is 22.8. The molecule has 0 spiro atoms. The number of benzene rings is 3. The van der Waals surface area contributed by atoms with Crippen LogP contribution in [0.15, 0.2) is 60.2 Å². The maximum atomic E-state index is 14.7. The molecule has 2 fully saturated rings. The van der Waals surface area contributed by atoms with E-state index in [-0.39, 0.29) is 29.9 Å². The number of nitrogens with one attached hydrogen (secondary N) is 1. The molecule has 0 radical (unpaired) electrons. The van der Waals surface area contributed by atoms with Crippen LogP contribution in [0.5, 0.6) is 23.0 Å². The van der Waals surface area contributed by atoms with Crippen molar-refractivity contribution in [3.8, 4) is 23.0 Å². The Labute approximate surface area is 287 Å². The van der Waals surface area contributed by atoms with Crippen molar-refractivity contribution in [2.24, 2.45) is 0 Å². The van der Waals surface area contributed by atoms with Crippen molar-refractivity contribution in [3.63, 3.8) is 0 Å². The summed E-state index contributed by atoms with van der Waals surface area (Å²) in [6.45, 7) is 7.88. The number of halogens is 1. The molecule has 0 aromatic heterocycles. The second kappa shape index (κ2) is 14.5. The van der Waals surface area contributed by atoms with E-state index in [1.54, 1.807) is 21.1 Å². The maximum Gasteiger partial charge on any atom is 0.252 e. The van der Waals surface area contributed by atoms with Crippen molar-refractivity contribution in [2.75, 3.05) is 40.5 Å². The SMILES string of the molecule is COc1ccc(CN(C(=O)C2=C(c3ccc(OCCOc4cc(C)c(C)cc4Cl)cc3)C[C@@H]3CN(C(C)=O)C[C@H]2N3)C2CC2)cc1OC. The minimum atomic E-state index is -0.263. The van der Waals surface area contributed by atoms with E-state index in [1.807, 2.05) is 78.2 Å². The number of rotatable bonds is 12. The van der Waals surface area contributed by atoms with Crippen LogP contribution in [0, 0.1) is 13.8 Å². The molecule has 1 saturated carbocycles. The first-order chi connectivity index (χ1) is 23.1. The summed E-state index contributed by atoms with van der Waals surface area (Å²) in [6.07, 6.45) is 2.57. The normalized spacial score (nSPS) is 18.8. The van der Waals surface area contributed by atoms with Crippen molar-refractivity contribution in [2.45, 2.75) is 64.7 Å².